The van der Waals surface area contributed by atoms with Crippen LogP contribution in [0.2, 0.25) is 0 Å². The van der Waals surface area contributed by atoms with Crippen molar-refractivity contribution >= 4 is 21.4 Å². The van der Waals surface area contributed by atoms with E-state index in [0.717, 1.165) is 21.7 Å². The first-order chi connectivity index (χ1) is 12.5. The molecule has 1 aromatic carbocycles. The molecule has 3 aromatic rings. The molecule has 3 rings (SSSR count). The maximum absolute atomic E-state index is 12.6. The number of hydrogen-bond donors (Lipinski definition) is 1. The first-order valence-electron chi connectivity index (χ1n) is 8.21. The molecule has 26 heavy (non-hydrogen) atoms. The van der Waals surface area contributed by atoms with Gasteiger partial charge in [0.15, 0.2) is 0 Å². The van der Waals surface area contributed by atoms with E-state index in [4.69, 9.17) is 4.74 Å². The second kappa shape index (κ2) is 7.99. The van der Waals surface area contributed by atoms with Gasteiger partial charge in [-0.3, -0.25) is 4.98 Å². The fourth-order valence-corrected chi connectivity index (χ4v) is 4.31. The Labute approximate surface area is 157 Å². The predicted molar refractivity (Wildman–Crippen MR) is 104 cm³/mol. The lowest BCUT2D eigenvalue weighted by atomic mass is 10.2. The largest absolute Gasteiger partial charge is 0.494 e. The van der Waals surface area contributed by atoms with Crippen LogP contribution in [0.1, 0.15) is 18.1 Å². The van der Waals surface area contributed by atoms with Crippen LogP contribution >= 0.6 is 11.3 Å². The van der Waals surface area contributed by atoms with Crippen molar-refractivity contribution in [2.45, 2.75) is 25.3 Å². The Morgan fingerprint density at radius 1 is 1.19 bits per heavy atom. The maximum Gasteiger partial charge on any atom is 0.240 e. The van der Waals surface area contributed by atoms with Crippen LogP contribution in [0, 0.1) is 6.92 Å². The van der Waals surface area contributed by atoms with Crippen LogP contribution in [0.3, 0.4) is 0 Å². The minimum Gasteiger partial charge on any atom is -0.494 e. The van der Waals surface area contributed by atoms with Gasteiger partial charge < -0.3 is 4.74 Å². The van der Waals surface area contributed by atoms with Crippen molar-refractivity contribution in [3.8, 4) is 16.3 Å². The molecule has 0 fully saturated rings. The monoisotopic (exact) mass is 388 g/mol. The molecule has 5 nitrogen and oxygen atoms in total. The van der Waals surface area contributed by atoms with E-state index in [9.17, 15) is 8.42 Å². The summed E-state index contributed by atoms with van der Waals surface area (Å²) in [7, 11) is -3.60. The third-order valence-corrected chi connectivity index (χ3v) is 6.11. The van der Waals surface area contributed by atoms with Gasteiger partial charge in [0.05, 0.1) is 22.1 Å². The Bertz CT molecular complexity index is 984. The van der Waals surface area contributed by atoms with Crippen molar-refractivity contribution in [1.29, 1.82) is 0 Å². The molecule has 0 unspecified atom stereocenters. The molecule has 136 valence electrons. The van der Waals surface area contributed by atoms with Crippen molar-refractivity contribution in [3.05, 3.63) is 65.2 Å². The second-order valence-corrected chi connectivity index (χ2v) is 8.43. The summed E-state index contributed by atoms with van der Waals surface area (Å²) in [6, 6.07) is 12.5. The molecule has 7 heteroatoms. The van der Waals surface area contributed by atoms with Crippen molar-refractivity contribution in [3.63, 3.8) is 0 Å². The summed E-state index contributed by atoms with van der Waals surface area (Å²) in [6.07, 6.45) is 1.69. The maximum atomic E-state index is 12.6. The Balaban J connectivity index is 1.74. The van der Waals surface area contributed by atoms with Gasteiger partial charge >= 0.3 is 0 Å². The number of ether oxygens (including phenoxy) is 1. The summed E-state index contributed by atoms with van der Waals surface area (Å²) < 4.78 is 33.3. The average Bonchev–Trinajstić information content (AvgIpc) is 3.17. The van der Waals surface area contributed by atoms with E-state index in [1.807, 2.05) is 43.5 Å². The lowest BCUT2D eigenvalue weighted by Crippen LogP contribution is -2.23. The number of aryl methyl sites for hydroxylation is 1. The smallest absolute Gasteiger partial charge is 0.240 e. The van der Waals surface area contributed by atoms with E-state index in [1.54, 1.807) is 35.7 Å². The third kappa shape index (κ3) is 4.30. The number of nitrogens with zero attached hydrogens (tertiary/aromatic N) is 1. The first-order valence-corrected chi connectivity index (χ1v) is 10.6. The second-order valence-electron chi connectivity index (χ2n) is 5.71. The highest BCUT2D eigenvalue weighted by atomic mass is 32.2. The molecular formula is C19H20N2O3S2. The quantitative estimate of drug-likeness (QED) is 0.664. The molecule has 0 saturated heterocycles. The third-order valence-electron chi connectivity index (χ3n) is 3.82. The van der Waals surface area contributed by atoms with Crippen molar-refractivity contribution in [2.24, 2.45) is 0 Å². The summed E-state index contributed by atoms with van der Waals surface area (Å²) in [6.45, 7) is 4.47. The number of benzene rings is 1. The standard InChI is InChI=1S/C19H20N2O3S2/c1-3-24-18-7-6-16(11-14(18)2)26(22,23)21-13-15-8-9-20-17(12-15)19-5-4-10-25-19/h4-12,21H,3,13H2,1-2H3. The van der Waals surface area contributed by atoms with Crippen LogP contribution in [0.25, 0.3) is 10.6 Å². The molecule has 0 aliphatic carbocycles. The molecule has 0 aliphatic heterocycles. The lowest BCUT2D eigenvalue weighted by molar-refractivity contribution is 0.337. The average molecular weight is 389 g/mol. The van der Waals surface area contributed by atoms with Crippen LogP contribution in [-0.2, 0) is 16.6 Å². The Morgan fingerprint density at radius 2 is 2.04 bits per heavy atom. The number of nitrogens with one attached hydrogen (secondary N) is 1. The van der Waals surface area contributed by atoms with Gasteiger partial charge in [-0.15, -0.1) is 11.3 Å². The van der Waals surface area contributed by atoms with E-state index in [0.29, 0.717) is 12.4 Å². The summed E-state index contributed by atoms with van der Waals surface area (Å²) in [4.78, 5) is 5.62. The van der Waals surface area contributed by atoms with E-state index < -0.39 is 10.0 Å². The van der Waals surface area contributed by atoms with Gasteiger partial charge in [-0.2, -0.15) is 0 Å². The van der Waals surface area contributed by atoms with Crippen molar-refractivity contribution in [1.82, 2.24) is 9.71 Å². The molecule has 0 spiro atoms. The highest BCUT2D eigenvalue weighted by Crippen LogP contribution is 2.24. The highest BCUT2D eigenvalue weighted by molar-refractivity contribution is 7.89. The van der Waals surface area contributed by atoms with Crippen molar-refractivity contribution < 1.29 is 13.2 Å². The van der Waals surface area contributed by atoms with Gasteiger partial charge in [0.2, 0.25) is 10.0 Å². The first kappa shape index (κ1) is 18.6. The zero-order valence-electron chi connectivity index (χ0n) is 14.6. The van der Waals surface area contributed by atoms with E-state index in [-0.39, 0.29) is 11.4 Å². The molecule has 0 bridgehead atoms. The number of sulfonamides is 1. The molecule has 0 saturated carbocycles. The normalized spacial score (nSPS) is 11.5. The summed E-state index contributed by atoms with van der Waals surface area (Å²) in [5.41, 5.74) is 2.49. The van der Waals surface area contributed by atoms with Gasteiger partial charge in [0.1, 0.15) is 5.75 Å². The fourth-order valence-electron chi connectivity index (χ4n) is 2.51. The molecule has 1 N–H and O–H groups in total. The van der Waals surface area contributed by atoms with Gasteiger partial charge in [0.25, 0.3) is 0 Å². The number of pyridine rings is 1. The number of rotatable bonds is 7. The van der Waals surface area contributed by atoms with E-state index >= 15 is 0 Å². The number of aromatic nitrogens is 1. The molecule has 0 aliphatic rings. The zero-order valence-corrected chi connectivity index (χ0v) is 16.2. The van der Waals surface area contributed by atoms with Gasteiger partial charge in [-0.05, 0) is 66.8 Å². The fraction of sp³-hybridized carbons (Fsp3) is 0.211. The van der Waals surface area contributed by atoms with E-state index in [1.165, 1.54) is 0 Å². The molecule has 0 amide bonds. The summed E-state index contributed by atoms with van der Waals surface area (Å²) in [5, 5.41) is 1.99. The Kier molecular flexibility index (Phi) is 5.70. The topological polar surface area (TPSA) is 68.3 Å². The summed E-state index contributed by atoms with van der Waals surface area (Å²) >= 11 is 1.60. The molecular weight excluding hydrogens is 368 g/mol. The van der Waals surface area contributed by atoms with E-state index in [2.05, 4.69) is 9.71 Å². The van der Waals surface area contributed by atoms with Crippen LogP contribution in [-0.4, -0.2) is 20.0 Å². The van der Waals surface area contributed by atoms with Crippen LogP contribution in [0.4, 0.5) is 0 Å². The van der Waals surface area contributed by atoms with Gasteiger partial charge in [-0.1, -0.05) is 6.07 Å². The number of hydrogen-bond acceptors (Lipinski definition) is 5. The Hall–Kier alpha value is -2.22. The minimum absolute atomic E-state index is 0.204. The van der Waals surface area contributed by atoms with Crippen LogP contribution < -0.4 is 9.46 Å². The highest BCUT2D eigenvalue weighted by Gasteiger charge is 2.15. The Morgan fingerprint density at radius 3 is 2.73 bits per heavy atom. The molecule has 2 aromatic heterocycles. The zero-order chi connectivity index (χ0) is 18.6. The van der Waals surface area contributed by atoms with Crippen molar-refractivity contribution in [2.75, 3.05) is 6.61 Å². The van der Waals surface area contributed by atoms with Crippen LogP contribution in [0.15, 0.2) is 58.9 Å². The lowest BCUT2D eigenvalue weighted by Gasteiger charge is -2.11. The molecule has 2 heterocycles. The molecule has 0 atom stereocenters. The van der Waals surface area contributed by atoms with Crippen LogP contribution in [0.5, 0.6) is 5.75 Å². The molecule has 0 radical (unpaired) electrons. The minimum atomic E-state index is -3.60. The predicted octanol–water partition coefficient (Wildman–Crippen LogP) is 4.00. The number of thiophene rings is 1. The van der Waals surface area contributed by atoms with Gasteiger partial charge in [0, 0.05) is 12.7 Å². The summed E-state index contributed by atoms with van der Waals surface area (Å²) in [5.74, 6) is 0.696. The van der Waals surface area contributed by atoms with Gasteiger partial charge in [-0.25, -0.2) is 13.1 Å². The SMILES string of the molecule is CCOc1ccc(S(=O)(=O)NCc2ccnc(-c3cccs3)c2)cc1C.